The summed E-state index contributed by atoms with van der Waals surface area (Å²) in [6.45, 7) is 1.14. The van der Waals surface area contributed by atoms with Crippen LogP contribution in [0.25, 0.3) is 0 Å². The highest BCUT2D eigenvalue weighted by atomic mass is 16.5. The van der Waals surface area contributed by atoms with E-state index in [9.17, 15) is 9.59 Å². The maximum atomic E-state index is 12.5. The van der Waals surface area contributed by atoms with Gasteiger partial charge in [0.05, 0.1) is 25.9 Å². The van der Waals surface area contributed by atoms with E-state index in [2.05, 4.69) is 5.32 Å². The number of carbonyl (C=O) groups excluding carboxylic acids is 2. The van der Waals surface area contributed by atoms with Gasteiger partial charge in [0, 0.05) is 6.54 Å². The standard InChI is InChI=1S/C19H20N2O4/c1-24-16-10-6-5-9-15(16)20-18(22)19(23)21-11-12-25-17(13-21)14-7-3-2-4-8-14/h2-10,17H,11-13H2,1H3,(H,20,22)/t17-/m0/s1. The fraction of sp³-hybridized carbons (Fsp3) is 0.263. The SMILES string of the molecule is COc1ccccc1NC(=O)C(=O)N1CCO[C@H](c2ccccc2)C1. The number of nitrogens with one attached hydrogen (secondary N) is 1. The third kappa shape index (κ3) is 3.97. The maximum Gasteiger partial charge on any atom is 0.314 e. The van der Waals surface area contributed by atoms with Crippen molar-refractivity contribution in [1.82, 2.24) is 4.90 Å². The van der Waals surface area contributed by atoms with Crippen LogP contribution in [0.5, 0.6) is 5.75 Å². The first-order chi connectivity index (χ1) is 12.2. The zero-order valence-electron chi connectivity index (χ0n) is 14.0. The van der Waals surface area contributed by atoms with Crippen molar-refractivity contribution in [2.24, 2.45) is 0 Å². The molecule has 130 valence electrons. The van der Waals surface area contributed by atoms with E-state index in [1.54, 1.807) is 24.3 Å². The van der Waals surface area contributed by atoms with Gasteiger partial charge in [-0.1, -0.05) is 42.5 Å². The summed E-state index contributed by atoms with van der Waals surface area (Å²) in [5.41, 5.74) is 1.46. The summed E-state index contributed by atoms with van der Waals surface area (Å²) in [5, 5.41) is 2.62. The van der Waals surface area contributed by atoms with Gasteiger partial charge < -0.3 is 19.7 Å². The van der Waals surface area contributed by atoms with Gasteiger partial charge >= 0.3 is 11.8 Å². The van der Waals surface area contributed by atoms with Crippen LogP contribution in [0.1, 0.15) is 11.7 Å². The number of nitrogens with zero attached hydrogens (tertiary/aromatic N) is 1. The number of para-hydroxylation sites is 2. The lowest BCUT2D eigenvalue weighted by Gasteiger charge is -2.32. The van der Waals surface area contributed by atoms with Crippen molar-refractivity contribution in [2.75, 3.05) is 32.1 Å². The van der Waals surface area contributed by atoms with Gasteiger partial charge in [0.2, 0.25) is 0 Å². The van der Waals surface area contributed by atoms with Crippen LogP contribution in [0.3, 0.4) is 0 Å². The Balaban J connectivity index is 1.66. The number of rotatable bonds is 3. The number of hydrogen-bond donors (Lipinski definition) is 1. The van der Waals surface area contributed by atoms with Crippen LogP contribution < -0.4 is 10.1 Å². The van der Waals surface area contributed by atoms with Crippen molar-refractivity contribution < 1.29 is 19.1 Å². The minimum atomic E-state index is -0.682. The number of methoxy groups -OCH3 is 1. The lowest BCUT2D eigenvalue weighted by Crippen LogP contribution is -2.46. The zero-order valence-corrected chi connectivity index (χ0v) is 14.0. The number of ether oxygens (including phenoxy) is 2. The number of benzene rings is 2. The molecule has 0 aromatic heterocycles. The molecule has 1 aliphatic heterocycles. The van der Waals surface area contributed by atoms with Crippen molar-refractivity contribution in [1.29, 1.82) is 0 Å². The van der Waals surface area contributed by atoms with Gasteiger partial charge in [-0.3, -0.25) is 9.59 Å². The number of carbonyl (C=O) groups is 2. The average molecular weight is 340 g/mol. The van der Waals surface area contributed by atoms with Gasteiger partial charge in [0.1, 0.15) is 11.9 Å². The molecule has 2 aromatic rings. The van der Waals surface area contributed by atoms with E-state index >= 15 is 0 Å². The van der Waals surface area contributed by atoms with E-state index < -0.39 is 11.8 Å². The second-order valence-corrected chi connectivity index (χ2v) is 5.68. The van der Waals surface area contributed by atoms with Crippen LogP contribution in [-0.2, 0) is 14.3 Å². The molecule has 1 atom stereocenters. The molecular weight excluding hydrogens is 320 g/mol. The number of anilines is 1. The number of morpholine rings is 1. The Morgan fingerprint density at radius 2 is 1.84 bits per heavy atom. The quantitative estimate of drug-likeness (QED) is 0.870. The molecule has 0 unspecified atom stereocenters. The minimum absolute atomic E-state index is 0.224. The predicted molar refractivity (Wildman–Crippen MR) is 93.3 cm³/mol. The van der Waals surface area contributed by atoms with E-state index in [1.807, 2.05) is 30.3 Å². The molecule has 1 fully saturated rings. The monoisotopic (exact) mass is 340 g/mol. The first kappa shape index (κ1) is 17.0. The van der Waals surface area contributed by atoms with Crippen LogP contribution in [0.15, 0.2) is 54.6 Å². The van der Waals surface area contributed by atoms with Gasteiger partial charge in [-0.25, -0.2) is 0 Å². The molecule has 6 heteroatoms. The predicted octanol–water partition coefficient (Wildman–Crippen LogP) is 2.23. The maximum absolute atomic E-state index is 12.5. The van der Waals surface area contributed by atoms with Crippen molar-refractivity contribution in [3.8, 4) is 5.75 Å². The third-order valence-electron chi connectivity index (χ3n) is 4.07. The molecule has 1 aliphatic rings. The molecule has 1 heterocycles. The number of amides is 2. The fourth-order valence-electron chi connectivity index (χ4n) is 2.77. The Kier molecular flexibility index (Phi) is 5.30. The van der Waals surface area contributed by atoms with Crippen molar-refractivity contribution >= 4 is 17.5 Å². The van der Waals surface area contributed by atoms with E-state index in [-0.39, 0.29) is 6.10 Å². The Morgan fingerprint density at radius 1 is 1.12 bits per heavy atom. The fourth-order valence-corrected chi connectivity index (χ4v) is 2.77. The first-order valence-electron chi connectivity index (χ1n) is 8.09. The molecular formula is C19H20N2O4. The summed E-state index contributed by atoms with van der Waals surface area (Å²) in [6.07, 6.45) is -0.224. The lowest BCUT2D eigenvalue weighted by molar-refractivity contribution is -0.148. The molecule has 0 bridgehead atoms. The summed E-state index contributed by atoms with van der Waals surface area (Å²) in [5.74, 6) is -0.749. The van der Waals surface area contributed by atoms with Gasteiger partial charge in [-0.05, 0) is 17.7 Å². The highest BCUT2D eigenvalue weighted by molar-refractivity contribution is 6.39. The molecule has 1 N–H and O–H groups in total. The third-order valence-corrected chi connectivity index (χ3v) is 4.07. The molecule has 25 heavy (non-hydrogen) atoms. The van der Waals surface area contributed by atoms with Crippen molar-refractivity contribution in [3.05, 3.63) is 60.2 Å². The normalized spacial score (nSPS) is 17.0. The summed E-state index contributed by atoms with van der Waals surface area (Å²) >= 11 is 0. The average Bonchev–Trinajstić information content (AvgIpc) is 2.68. The van der Waals surface area contributed by atoms with E-state index in [1.165, 1.54) is 12.0 Å². The van der Waals surface area contributed by atoms with E-state index in [4.69, 9.17) is 9.47 Å². The summed E-state index contributed by atoms with van der Waals surface area (Å²) in [7, 11) is 1.51. The topological polar surface area (TPSA) is 67.9 Å². The van der Waals surface area contributed by atoms with Gasteiger partial charge in [-0.15, -0.1) is 0 Å². The summed E-state index contributed by atoms with van der Waals surface area (Å²) < 4.78 is 10.9. The van der Waals surface area contributed by atoms with Crippen LogP contribution in [0.2, 0.25) is 0 Å². The molecule has 3 rings (SSSR count). The van der Waals surface area contributed by atoms with E-state index in [0.717, 1.165) is 5.56 Å². The Bertz CT molecular complexity index is 748. The molecule has 6 nitrogen and oxygen atoms in total. The van der Waals surface area contributed by atoms with Gasteiger partial charge in [-0.2, -0.15) is 0 Å². The largest absolute Gasteiger partial charge is 0.495 e. The molecule has 1 saturated heterocycles. The van der Waals surface area contributed by atoms with Crippen molar-refractivity contribution in [3.63, 3.8) is 0 Å². The molecule has 0 saturated carbocycles. The highest BCUT2D eigenvalue weighted by Gasteiger charge is 2.29. The second-order valence-electron chi connectivity index (χ2n) is 5.68. The Morgan fingerprint density at radius 3 is 2.60 bits per heavy atom. The van der Waals surface area contributed by atoms with Crippen LogP contribution in [-0.4, -0.2) is 43.5 Å². The Labute approximate surface area is 146 Å². The van der Waals surface area contributed by atoms with Crippen LogP contribution >= 0.6 is 0 Å². The first-order valence-corrected chi connectivity index (χ1v) is 8.09. The molecule has 2 aromatic carbocycles. The smallest absolute Gasteiger partial charge is 0.314 e. The number of hydrogen-bond acceptors (Lipinski definition) is 4. The molecule has 2 amide bonds. The zero-order chi connectivity index (χ0) is 17.6. The summed E-state index contributed by atoms with van der Waals surface area (Å²) in [4.78, 5) is 26.3. The lowest BCUT2D eigenvalue weighted by atomic mass is 10.1. The Hall–Kier alpha value is -2.86. The van der Waals surface area contributed by atoms with Crippen molar-refractivity contribution in [2.45, 2.75) is 6.10 Å². The molecule has 0 spiro atoms. The second kappa shape index (κ2) is 7.81. The summed E-state index contributed by atoms with van der Waals surface area (Å²) in [6, 6.07) is 16.7. The minimum Gasteiger partial charge on any atom is -0.495 e. The molecule has 0 radical (unpaired) electrons. The van der Waals surface area contributed by atoms with Gasteiger partial charge in [0.15, 0.2) is 0 Å². The van der Waals surface area contributed by atoms with Crippen LogP contribution in [0, 0.1) is 0 Å². The highest BCUT2D eigenvalue weighted by Crippen LogP contribution is 2.24. The van der Waals surface area contributed by atoms with Crippen LogP contribution in [0.4, 0.5) is 5.69 Å². The van der Waals surface area contributed by atoms with Gasteiger partial charge in [0.25, 0.3) is 0 Å². The van der Waals surface area contributed by atoms with E-state index in [0.29, 0.717) is 31.1 Å². The molecule has 0 aliphatic carbocycles.